The van der Waals surface area contributed by atoms with Crippen molar-refractivity contribution in [3.8, 4) is 0 Å². The number of hydrogen-bond acceptors (Lipinski definition) is 2. The normalized spacial score (nSPS) is 19.6. The van der Waals surface area contributed by atoms with Crippen molar-refractivity contribution in [2.45, 2.75) is 56.9 Å². The number of halogens is 1. The van der Waals surface area contributed by atoms with Gasteiger partial charge in [0.05, 0.1) is 4.90 Å². The molecule has 0 spiro atoms. The van der Waals surface area contributed by atoms with Crippen molar-refractivity contribution < 1.29 is 8.42 Å². The van der Waals surface area contributed by atoms with Crippen LogP contribution in [0.15, 0.2) is 29.2 Å². The molecular weight excluding hydrogens is 306 g/mol. The molecule has 1 aromatic rings. The molecule has 0 aliphatic heterocycles. The van der Waals surface area contributed by atoms with Gasteiger partial charge in [0.2, 0.25) is 10.0 Å². The highest BCUT2D eigenvalue weighted by molar-refractivity contribution is 7.89. The summed E-state index contributed by atoms with van der Waals surface area (Å²) in [7, 11) is -3.41. The van der Waals surface area contributed by atoms with Crippen LogP contribution in [0.3, 0.4) is 0 Å². The van der Waals surface area contributed by atoms with E-state index in [1.165, 1.54) is 0 Å². The van der Waals surface area contributed by atoms with Crippen molar-refractivity contribution in [3.05, 3.63) is 29.8 Å². The van der Waals surface area contributed by atoms with Gasteiger partial charge in [0.15, 0.2) is 0 Å². The van der Waals surface area contributed by atoms with Gasteiger partial charge >= 0.3 is 0 Å². The molecular formula is C16H24ClNO2S. The van der Waals surface area contributed by atoms with Crippen LogP contribution < -0.4 is 4.72 Å². The Balaban J connectivity index is 2.01. The van der Waals surface area contributed by atoms with E-state index in [2.05, 4.69) is 18.6 Å². The van der Waals surface area contributed by atoms with Gasteiger partial charge in [0.1, 0.15) is 0 Å². The highest BCUT2D eigenvalue weighted by Crippen LogP contribution is 2.35. The SMILES string of the molecule is CC1(C)CCC(NS(=O)(=O)c2ccc(CCCl)cc2)CC1. The predicted octanol–water partition coefficient (Wildman–Crippen LogP) is 3.72. The fraction of sp³-hybridized carbons (Fsp3) is 0.625. The second-order valence-corrected chi connectivity index (χ2v) is 8.73. The van der Waals surface area contributed by atoms with Gasteiger partial charge in [-0.25, -0.2) is 13.1 Å². The van der Waals surface area contributed by atoms with E-state index in [-0.39, 0.29) is 6.04 Å². The van der Waals surface area contributed by atoms with Gasteiger partial charge in [-0.15, -0.1) is 11.6 Å². The highest BCUT2D eigenvalue weighted by Gasteiger charge is 2.29. The smallest absolute Gasteiger partial charge is 0.208 e. The maximum absolute atomic E-state index is 12.4. The van der Waals surface area contributed by atoms with Crippen molar-refractivity contribution in [1.82, 2.24) is 4.72 Å². The van der Waals surface area contributed by atoms with E-state index in [9.17, 15) is 8.42 Å². The molecule has 21 heavy (non-hydrogen) atoms. The number of nitrogens with one attached hydrogen (secondary N) is 1. The van der Waals surface area contributed by atoms with E-state index in [1.807, 2.05) is 12.1 Å². The number of rotatable bonds is 5. The largest absolute Gasteiger partial charge is 0.240 e. The minimum Gasteiger partial charge on any atom is -0.208 e. The second-order valence-electron chi connectivity index (χ2n) is 6.64. The number of alkyl halides is 1. The molecule has 1 fully saturated rings. The van der Waals surface area contributed by atoms with Crippen molar-refractivity contribution in [2.24, 2.45) is 5.41 Å². The molecule has 0 bridgehead atoms. The Kier molecular flexibility index (Phi) is 5.33. The topological polar surface area (TPSA) is 46.2 Å². The van der Waals surface area contributed by atoms with Gasteiger partial charge in [-0.05, 0) is 55.2 Å². The van der Waals surface area contributed by atoms with Crippen molar-refractivity contribution in [3.63, 3.8) is 0 Å². The van der Waals surface area contributed by atoms with Gasteiger partial charge in [-0.1, -0.05) is 26.0 Å². The first-order chi connectivity index (χ1) is 9.82. The molecule has 1 saturated carbocycles. The van der Waals surface area contributed by atoms with Crippen LogP contribution in [0.4, 0.5) is 0 Å². The molecule has 0 atom stereocenters. The summed E-state index contributed by atoms with van der Waals surface area (Å²) in [6, 6.07) is 7.06. The summed E-state index contributed by atoms with van der Waals surface area (Å²) in [6.07, 6.45) is 4.71. The van der Waals surface area contributed by atoms with Gasteiger partial charge in [-0.3, -0.25) is 0 Å². The zero-order chi connectivity index (χ0) is 15.5. The molecule has 5 heteroatoms. The minimum absolute atomic E-state index is 0.0607. The van der Waals surface area contributed by atoms with Crippen LogP contribution in [0.2, 0.25) is 0 Å². The van der Waals surface area contributed by atoms with Gasteiger partial charge < -0.3 is 0 Å². The Bertz CT molecular complexity index is 556. The van der Waals surface area contributed by atoms with Crippen LogP contribution in [-0.4, -0.2) is 20.3 Å². The molecule has 1 aliphatic rings. The molecule has 0 unspecified atom stereocenters. The second kappa shape index (κ2) is 6.67. The molecule has 2 rings (SSSR count). The Morgan fingerprint density at radius 2 is 1.76 bits per heavy atom. The molecule has 0 aromatic heterocycles. The lowest BCUT2D eigenvalue weighted by Gasteiger charge is -2.34. The van der Waals surface area contributed by atoms with Crippen LogP contribution in [-0.2, 0) is 16.4 Å². The summed E-state index contributed by atoms with van der Waals surface area (Å²) in [5.74, 6) is 0.544. The fourth-order valence-electron chi connectivity index (χ4n) is 2.75. The Morgan fingerprint density at radius 3 is 2.29 bits per heavy atom. The van der Waals surface area contributed by atoms with Gasteiger partial charge in [0, 0.05) is 11.9 Å². The first-order valence-corrected chi connectivity index (χ1v) is 9.51. The average molecular weight is 330 g/mol. The summed E-state index contributed by atoms with van der Waals surface area (Å²) in [4.78, 5) is 0.339. The first kappa shape index (κ1) is 16.8. The standard InChI is InChI=1S/C16H24ClNO2S/c1-16(2)10-7-14(8-11-16)18-21(19,20)15-5-3-13(4-6-15)9-12-17/h3-6,14,18H,7-12H2,1-2H3. The van der Waals surface area contributed by atoms with E-state index >= 15 is 0 Å². The Hall–Kier alpha value is -0.580. The Morgan fingerprint density at radius 1 is 1.19 bits per heavy atom. The molecule has 0 heterocycles. The van der Waals surface area contributed by atoms with Gasteiger partial charge in [-0.2, -0.15) is 0 Å². The van der Waals surface area contributed by atoms with E-state index in [0.29, 0.717) is 16.2 Å². The predicted molar refractivity (Wildman–Crippen MR) is 87.2 cm³/mol. The molecule has 1 N–H and O–H groups in total. The summed E-state index contributed by atoms with van der Waals surface area (Å²) >= 11 is 5.69. The van der Waals surface area contributed by atoms with E-state index in [1.54, 1.807) is 12.1 Å². The number of benzene rings is 1. The molecule has 0 radical (unpaired) electrons. The zero-order valence-electron chi connectivity index (χ0n) is 12.7. The van der Waals surface area contributed by atoms with Crippen molar-refractivity contribution >= 4 is 21.6 Å². The Labute approximate surface area is 133 Å². The average Bonchev–Trinajstić information content (AvgIpc) is 2.42. The lowest BCUT2D eigenvalue weighted by molar-refractivity contribution is 0.218. The summed E-state index contributed by atoms with van der Waals surface area (Å²) in [6.45, 7) is 4.49. The molecule has 3 nitrogen and oxygen atoms in total. The third kappa shape index (κ3) is 4.70. The van der Waals surface area contributed by atoms with Crippen molar-refractivity contribution in [2.75, 3.05) is 5.88 Å². The van der Waals surface area contributed by atoms with Crippen LogP contribution in [0.25, 0.3) is 0 Å². The third-order valence-electron chi connectivity index (χ3n) is 4.28. The summed E-state index contributed by atoms with van der Waals surface area (Å²) in [5.41, 5.74) is 1.40. The van der Waals surface area contributed by atoms with E-state index in [0.717, 1.165) is 37.7 Å². The quantitative estimate of drug-likeness (QED) is 0.837. The van der Waals surface area contributed by atoms with Crippen LogP contribution in [0.5, 0.6) is 0 Å². The van der Waals surface area contributed by atoms with Gasteiger partial charge in [0.25, 0.3) is 0 Å². The maximum atomic E-state index is 12.4. The molecule has 1 aromatic carbocycles. The number of sulfonamides is 1. The minimum atomic E-state index is -3.41. The lowest BCUT2D eigenvalue weighted by Crippen LogP contribution is -2.39. The molecule has 1 aliphatic carbocycles. The zero-order valence-corrected chi connectivity index (χ0v) is 14.3. The number of aryl methyl sites for hydroxylation is 1. The van der Waals surface area contributed by atoms with Crippen LogP contribution in [0, 0.1) is 5.41 Å². The summed E-state index contributed by atoms with van der Waals surface area (Å²) in [5, 5.41) is 0. The molecule has 0 amide bonds. The molecule has 118 valence electrons. The fourth-order valence-corrected chi connectivity index (χ4v) is 4.27. The lowest BCUT2D eigenvalue weighted by atomic mass is 9.76. The maximum Gasteiger partial charge on any atom is 0.240 e. The van der Waals surface area contributed by atoms with E-state index < -0.39 is 10.0 Å². The summed E-state index contributed by atoms with van der Waals surface area (Å²) < 4.78 is 27.6. The molecule has 0 saturated heterocycles. The highest BCUT2D eigenvalue weighted by atomic mass is 35.5. The van der Waals surface area contributed by atoms with Crippen LogP contribution in [0.1, 0.15) is 45.1 Å². The first-order valence-electron chi connectivity index (χ1n) is 7.50. The monoisotopic (exact) mass is 329 g/mol. The van der Waals surface area contributed by atoms with Crippen LogP contribution >= 0.6 is 11.6 Å². The van der Waals surface area contributed by atoms with Crippen molar-refractivity contribution in [1.29, 1.82) is 0 Å². The number of hydrogen-bond donors (Lipinski definition) is 1. The third-order valence-corrected chi connectivity index (χ3v) is 6.00. The van der Waals surface area contributed by atoms with E-state index in [4.69, 9.17) is 11.6 Å².